The molecule has 1 rings (SSSR count). The average molecular weight is 196 g/mol. The number of nitrogens with zero attached hydrogens (tertiary/aromatic N) is 1. The van der Waals surface area contributed by atoms with Crippen LogP contribution < -0.4 is 5.73 Å². The summed E-state index contributed by atoms with van der Waals surface area (Å²) in [5.74, 6) is 0. The Hall–Kier alpha value is -1.46. The molecule has 5 nitrogen and oxygen atoms in total. The Kier molecular flexibility index (Phi) is 3.55. The predicted molar refractivity (Wildman–Crippen MR) is 51.7 cm³/mol. The first-order valence-corrected chi connectivity index (χ1v) is 4.27. The van der Waals surface area contributed by atoms with Crippen LogP contribution >= 0.6 is 0 Å². The van der Waals surface area contributed by atoms with E-state index in [0.29, 0.717) is 18.5 Å². The van der Waals surface area contributed by atoms with E-state index in [2.05, 4.69) is 0 Å². The highest BCUT2D eigenvalue weighted by Crippen LogP contribution is 2.19. The lowest BCUT2D eigenvalue weighted by atomic mass is 10.1. The maximum absolute atomic E-state index is 10.3. The number of rotatable bonds is 4. The molecule has 0 fully saturated rings. The molecule has 0 saturated carbocycles. The summed E-state index contributed by atoms with van der Waals surface area (Å²) >= 11 is 0. The molecule has 0 radical (unpaired) electrons. The van der Waals surface area contributed by atoms with Gasteiger partial charge in [0.2, 0.25) is 0 Å². The summed E-state index contributed by atoms with van der Waals surface area (Å²) in [6.07, 6.45) is -0.182. The molecule has 0 aliphatic heterocycles. The van der Waals surface area contributed by atoms with Gasteiger partial charge in [-0.25, -0.2) is 0 Å². The Morgan fingerprint density at radius 1 is 1.43 bits per heavy atom. The smallest absolute Gasteiger partial charge is 0.269 e. The molecule has 0 aliphatic rings. The van der Waals surface area contributed by atoms with Crippen LogP contribution in [0.15, 0.2) is 24.3 Å². The maximum Gasteiger partial charge on any atom is 0.269 e. The van der Waals surface area contributed by atoms with E-state index in [1.807, 2.05) is 0 Å². The van der Waals surface area contributed by atoms with Gasteiger partial charge >= 0.3 is 0 Å². The van der Waals surface area contributed by atoms with Gasteiger partial charge in [-0.05, 0) is 30.7 Å². The molecule has 0 aliphatic carbocycles. The van der Waals surface area contributed by atoms with E-state index in [1.165, 1.54) is 12.1 Å². The Labute approximate surface area is 81.3 Å². The molecular formula is C9H12N2O3. The lowest BCUT2D eigenvalue weighted by Crippen LogP contribution is -2.06. The van der Waals surface area contributed by atoms with Gasteiger partial charge in [0, 0.05) is 12.1 Å². The van der Waals surface area contributed by atoms with Crippen LogP contribution in [-0.4, -0.2) is 16.6 Å². The summed E-state index contributed by atoms with van der Waals surface area (Å²) in [4.78, 5) is 9.86. The Balaban J connectivity index is 2.77. The number of nitro groups is 1. The Bertz CT molecular complexity index is 310. The fourth-order valence-corrected chi connectivity index (χ4v) is 1.14. The number of aliphatic hydroxyl groups excluding tert-OH is 1. The molecule has 1 atom stereocenters. The van der Waals surface area contributed by atoms with Crippen LogP contribution in [-0.2, 0) is 0 Å². The van der Waals surface area contributed by atoms with Crippen molar-refractivity contribution in [1.29, 1.82) is 0 Å². The minimum atomic E-state index is -0.638. The molecule has 0 spiro atoms. The normalized spacial score (nSPS) is 12.4. The maximum atomic E-state index is 10.3. The van der Waals surface area contributed by atoms with E-state index in [1.54, 1.807) is 12.1 Å². The van der Waals surface area contributed by atoms with Crippen LogP contribution in [0.4, 0.5) is 5.69 Å². The van der Waals surface area contributed by atoms with Gasteiger partial charge in [0.25, 0.3) is 5.69 Å². The topological polar surface area (TPSA) is 89.4 Å². The monoisotopic (exact) mass is 196 g/mol. The van der Waals surface area contributed by atoms with Crippen molar-refractivity contribution in [2.75, 3.05) is 6.54 Å². The number of non-ortho nitro benzene ring substituents is 1. The zero-order valence-electron chi connectivity index (χ0n) is 7.59. The molecular weight excluding hydrogens is 184 g/mol. The van der Waals surface area contributed by atoms with Crippen molar-refractivity contribution in [2.45, 2.75) is 12.5 Å². The molecule has 0 heterocycles. The molecule has 0 saturated heterocycles. The average Bonchev–Trinajstić information content (AvgIpc) is 2.18. The number of hydrogen-bond acceptors (Lipinski definition) is 4. The highest BCUT2D eigenvalue weighted by atomic mass is 16.6. The molecule has 0 bridgehead atoms. The van der Waals surface area contributed by atoms with Gasteiger partial charge in [-0.15, -0.1) is 0 Å². The summed E-state index contributed by atoms with van der Waals surface area (Å²) in [7, 11) is 0. The summed E-state index contributed by atoms with van der Waals surface area (Å²) in [5, 5.41) is 19.8. The fraction of sp³-hybridized carbons (Fsp3) is 0.333. The standard InChI is InChI=1S/C9H12N2O3/c10-6-5-9(12)7-1-3-8(4-2-7)11(13)14/h1-4,9,12H,5-6,10H2/t9-/m0/s1. The third-order valence-electron chi connectivity index (χ3n) is 1.93. The molecule has 76 valence electrons. The Morgan fingerprint density at radius 2 is 2.00 bits per heavy atom. The van der Waals surface area contributed by atoms with Gasteiger partial charge in [-0.1, -0.05) is 0 Å². The van der Waals surface area contributed by atoms with Crippen LogP contribution in [0.25, 0.3) is 0 Å². The van der Waals surface area contributed by atoms with Crippen LogP contribution in [0.2, 0.25) is 0 Å². The summed E-state index contributed by atoms with van der Waals surface area (Å²) in [6, 6.07) is 5.82. The summed E-state index contributed by atoms with van der Waals surface area (Å²) in [6.45, 7) is 0.387. The minimum Gasteiger partial charge on any atom is -0.388 e. The number of nitrogens with two attached hydrogens (primary N) is 1. The van der Waals surface area contributed by atoms with Gasteiger partial charge in [-0.3, -0.25) is 10.1 Å². The second-order valence-electron chi connectivity index (χ2n) is 2.94. The largest absolute Gasteiger partial charge is 0.388 e. The zero-order chi connectivity index (χ0) is 10.6. The summed E-state index contributed by atoms with van der Waals surface area (Å²) in [5.41, 5.74) is 5.95. The van der Waals surface area contributed by atoms with E-state index in [9.17, 15) is 15.2 Å². The quantitative estimate of drug-likeness (QED) is 0.554. The molecule has 0 unspecified atom stereocenters. The van der Waals surface area contributed by atoms with Crippen molar-refractivity contribution in [2.24, 2.45) is 5.73 Å². The molecule has 1 aromatic rings. The molecule has 3 N–H and O–H groups in total. The first-order chi connectivity index (χ1) is 6.65. The van der Waals surface area contributed by atoms with E-state index >= 15 is 0 Å². The second-order valence-corrected chi connectivity index (χ2v) is 2.94. The van der Waals surface area contributed by atoms with Crippen molar-refractivity contribution in [3.05, 3.63) is 39.9 Å². The van der Waals surface area contributed by atoms with Gasteiger partial charge in [-0.2, -0.15) is 0 Å². The van der Waals surface area contributed by atoms with E-state index in [-0.39, 0.29) is 5.69 Å². The Morgan fingerprint density at radius 3 is 2.43 bits per heavy atom. The predicted octanol–water partition coefficient (Wildman–Crippen LogP) is 0.977. The molecule has 0 amide bonds. The summed E-state index contributed by atoms with van der Waals surface area (Å²) < 4.78 is 0. The lowest BCUT2D eigenvalue weighted by Gasteiger charge is -2.08. The second kappa shape index (κ2) is 4.69. The van der Waals surface area contributed by atoms with Crippen molar-refractivity contribution < 1.29 is 10.0 Å². The minimum absolute atomic E-state index is 0.0219. The fourth-order valence-electron chi connectivity index (χ4n) is 1.14. The molecule has 0 aromatic heterocycles. The molecule has 14 heavy (non-hydrogen) atoms. The van der Waals surface area contributed by atoms with Crippen LogP contribution in [0.5, 0.6) is 0 Å². The SMILES string of the molecule is NCC[C@H](O)c1ccc([N+](=O)[O-])cc1. The van der Waals surface area contributed by atoms with Crippen molar-refractivity contribution in [3.8, 4) is 0 Å². The first-order valence-electron chi connectivity index (χ1n) is 4.27. The first kappa shape index (κ1) is 10.6. The third kappa shape index (κ3) is 2.51. The number of nitro benzene ring substituents is 1. The van der Waals surface area contributed by atoms with Crippen molar-refractivity contribution in [3.63, 3.8) is 0 Å². The number of hydrogen-bond donors (Lipinski definition) is 2. The van der Waals surface area contributed by atoms with Gasteiger partial charge < -0.3 is 10.8 Å². The lowest BCUT2D eigenvalue weighted by molar-refractivity contribution is -0.384. The highest BCUT2D eigenvalue weighted by Gasteiger charge is 2.09. The van der Waals surface area contributed by atoms with Crippen LogP contribution in [0.1, 0.15) is 18.1 Å². The van der Waals surface area contributed by atoms with Crippen molar-refractivity contribution >= 4 is 5.69 Å². The highest BCUT2D eigenvalue weighted by molar-refractivity contribution is 5.33. The number of aliphatic hydroxyl groups is 1. The van der Waals surface area contributed by atoms with Gasteiger partial charge in [0.1, 0.15) is 0 Å². The van der Waals surface area contributed by atoms with Crippen LogP contribution in [0, 0.1) is 10.1 Å². The van der Waals surface area contributed by atoms with Crippen molar-refractivity contribution in [1.82, 2.24) is 0 Å². The zero-order valence-corrected chi connectivity index (χ0v) is 7.59. The van der Waals surface area contributed by atoms with E-state index < -0.39 is 11.0 Å². The van der Waals surface area contributed by atoms with E-state index in [0.717, 1.165) is 0 Å². The van der Waals surface area contributed by atoms with E-state index in [4.69, 9.17) is 5.73 Å². The van der Waals surface area contributed by atoms with Gasteiger partial charge in [0.05, 0.1) is 11.0 Å². The molecule has 1 aromatic carbocycles. The van der Waals surface area contributed by atoms with Gasteiger partial charge in [0.15, 0.2) is 0 Å². The van der Waals surface area contributed by atoms with Crippen LogP contribution in [0.3, 0.4) is 0 Å². The third-order valence-corrected chi connectivity index (χ3v) is 1.93. The molecule has 5 heteroatoms. The number of benzene rings is 1.